The number of carbonyl (C=O) groups excluding carboxylic acids is 2. The fourth-order valence-corrected chi connectivity index (χ4v) is 3.00. The highest BCUT2D eigenvalue weighted by Crippen LogP contribution is 2.40. The maximum atomic E-state index is 12.3. The van der Waals surface area contributed by atoms with Gasteiger partial charge in [-0.1, -0.05) is 0 Å². The lowest BCUT2D eigenvalue weighted by Crippen LogP contribution is -2.39. The van der Waals surface area contributed by atoms with Gasteiger partial charge >= 0.3 is 5.97 Å². The molecule has 0 radical (unpaired) electrons. The third-order valence-corrected chi connectivity index (χ3v) is 4.27. The van der Waals surface area contributed by atoms with E-state index in [2.05, 4.69) is 4.74 Å². The van der Waals surface area contributed by atoms with Crippen molar-refractivity contribution in [2.24, 2.45) is 0 Å². The first kappa shape index (κ1) is 14.7. The van der Waals surface area contributed by atoms with Crippen molar-refractivity contribution in [3.8, 4) is 11.5 Å². The largest absolute Gasteiger partial charge is 0.469 e. The molecule has 0 spiro atoms. The third-order valence-electron chi connectivity index (χ3n) is 4.27. The zero-order valence-electron chi connectivity index (χ0n) is 12.8. The van der Waals surface area contributed by atoms with Gasteiger partial charge in [0.2, 0.25) is 12.7 Å². The van der Waals surface area contributed by atoms with E-state index in [-0.39, 0.29) is 37.6 Å². The van der Waals surface area contributed by atoms with Crippen molar-refractivity contribution in [2.75, 3.05) is 20.4 Å². The number of benzene rings is 1. The molecular formula is C16H19NO5. The summed E-state index contributed by atoms with van der Waals surface area (Å²) >= 11 is 0. The monoisotopic (exact) mass is 305 g/mol. The second-order valence-electron chi connectivity index (χ2n) is 5.49. The number of rotatable bonds is 3. The predicted molar refractivity (Wildman–Crippen MR) is 77.6 cm³/mol. The van der Waals surface area contributed by atoms with Gasteiger partial charge in [-0.15, -0.1) is 0 Å². The molecule has 0 saturated carbocycles. The Kier molecular flexibility index (Phi) is 3.92. The first-order valence-corrected chi connectivity index (χ1v) is 7.39. The fraction of sp³-hybridized carbons (Fsp3) is 0.500. The molecule has 0 fully saturated rings. The molecule has 22 heavy (non-hydrogen) atoms. The van der Waals surface area contributed by atoms with Gasteiger partial charge in [0.15, 0.2) is 11.5 Å². The highest BCUT2D eigenvalue weighted by molar-refractivity contribution is 5.82. The van der Waals surface area contributed by atoms with Gasteiger partial charge < -0.3 is 19.1 Å². The summed E-state index contributed by atoms with van der Waals surface area (Å²) in [4.78, 5) is 25.3. The lowest BCUT2D eigenvalue weighted by Gasteiger charge is -2.35. The topological polar surface area (TPSA) is 65.1 Å². The fourth-order valence-electron chi connectivity index (χ4n) is 3.00. The summed E-state index contributed by atoms with van der Waals surface area (Å²) in [7, 11) is 1.33. The summed E-state index contributed by atoms with van der Waals surface area (Å²) in [5, 5.41) is 0. The van der Waals surface area contributed by atoms with Gasteiger partial charge in [-0.25, -0.2) is 0 Å². The van der Waals surface area contributed by atoms with E-state index in [9.17, 15) is 9.59 Å². The lowest BCUT2D eigenvalue weighted by atomic mass is 9.92. The summed E-state index contributed by atoms with van der Waals surface area (Å²) in [5.74, 6) is 1.12. The van der Waals surface area contributed by atoms with Gasteiger partial charge in [-0.3, -0.25) is 9.59 Å². The molecule has 0 aromatic heterocycles. The molecule has 1 amide bonds. The molecule has 1 atom stereocenters. The van der Waals surface area contributed by atoms with Crippen LogP contribution in [0.15, 0.2) is 12.1 Å². The minimum atomic E-state index is -0.359. The minimum absolute atomic E-state index is 0.0267. The van der Waals surface area contributed by atoms with Crippen LogP contribution in [-0.4, -0.2) is 37.2 Å². The minimum Gasteiger partial charge on any atom is -0.469 e. The summed E-state index contributed by atoms with van der Waals surface area (Å²) in [6.45, 7) is 2.89. The second-order valence-corrected chi connectivity index (χ2v) is 5.49. The van der Waals surface area contributed by atoms with E-state index in [1.807, 2.05) is 24.0 Å². The summed E-state index contributed by atoms with van der Waals surface area (Å²) in [6, 6.07) is 3.93. The van der Waals surface area contributed by atoms with Crippen LogP contribution in [0.5, 0.6) is 11.5 Å². The number of hydrogen-bond donors (Lipinski definition) is 0. The van der Waals surface area contributed by atoms with Crippen molar-refractivity contribution in [3.05, 3.63) is 23.3 Å². The average Bonchev–Trinajstić information content (AvgIpc) is 2.98. The maximum Gasteiger partial charge on any atom is 0.306 e. The second kappa shape index (κ2) is 5.87. The average molecular weight is 305 g/mol. The summed E-state index contributed by atoms with van der Waals surface area (Å²) < 4.78 is 15.4. The van der Waals surface area contributed by atoms with Crippen LogP contribution in [-0.2, 0) is 20.7 Å². The molecule has 6 nitrogen and oxygen atoms in total. The number of fused-ring (bicyclic) bond motifs is 2. The van der Waals surface area contributed by atoms with E-state index in [1.54, 1.807) is 0 Å². The van der Waals surface area contributed by atoms with Crippen LogP contribution in [0.2, 0.25) is 0 Å². The van der Waals surface area contributed by atoms with Crippen molar-refractivity contribution in [3.63, 3.8) is 0 Å². The Balaban J connectivity index is 1.75. The smallest absolute Gasteiger partial charge is 0.306 e. The molecule has 2 heterocycles. The molecule has 0 bridgehead atoms. The Hall–Kier alpha value is -2.24. The quantitative estimate of drug-likeness (QED) is 0.797. The molecule has 0 aliphatic carbocycles. The molecular weight excluding hydrogens is 286 g/mol. The van der Waals surface area contributed by atoms with E-state index >= 15 is 0 Å². The van der Waals surface area contributed by atoms with Gasteiger partial charge in [-0.2, -0.15) is 0 Å². The molecule has 2 aliphatic heterocycles. The number of amides is 1. The third kappa shape index (κ3) is 2.61. The standard InChI is InChI=1S/C16H19NO5/c1-10-12-8-14-13(21-9-22-14)7-11(12)5-6-17(10)15(18)3-4-16(19)20-2/h7-8,10H,3-6,9H2,1-2H3. The number of ether oxygens (including phenoxy) is 3. The Morgan fingerprint density at radius 2 is 2.00 bits per heavy atom. The van der Waals surface area contributed by atoms with Crippen molar-refractivity contribution >= 4 is 11.9 Å². The number of nitrogens with zero attached hydrogens (tertiary/aromatic N) is 1. The van der Waals surface area contributed by atoms with Crippen LogP contribution < -0.4 is 9.47 Å². The van der Waals surface area contributed by atoms with E-state index in [4.69, 9.17) is 9.47 Å². The molecule has 2 aliphatic rings. The van der Waals surface area contributed by atoms with Crippen LogP contribution in [0.25, 0.3) is 0 Å². The number of esters is 1. The Labute approximate surface area is 128 Å². The van der Waals surface area contributed by atoms with Crippen LogP contribution in [0, 0.1) is 0 Å². The summed E-state index contributed by atoms with van der Waals surface area (Å²) in [6.07, 6.45) is 1.07. The van der Waals surface area contributed by atoms with E-state index < -0.39 is 0 Å². The molecule has 118 valence electrons. The van der Waals surface area contributed by atoms with Crippen LogP contribution in [0.3, 0.4) is 0 Å². The van der Waals surface area contributed by atoms with E-state index in [1.165, 1.54) is 12.7 Å². The van der Waals surface area contributed by atoms with Gasteiger partial charge in [-0.05, 0) is 36.6 Å². The molecule has 1 aromatic carbocycles. The zero-order chi connectivity index (χ0) is 15.7. The SMILES string of the molecule is COC(=O)CCC(=O)N1CCc2cc3c(cc2C1C)OCO3. The van der Waals surface area contributed by atoms with Gasteiger partial charge in [0.1, 0.15) is 0 Å². The highest BCUT2D eigenvalue weighted by Gasteiger charge is 2.30. The van der Waals surface area contributed by atoms with Crippen molar-refractivity contribution < 1.29 is 23.8 Å². The Bertz CT molecular complexity index is 613. The first-order valence-electron chi connectivity index (χ1n) is 7.39. The van der Waals surface area contributed by atoms with Crippen molar-refractivity contribution in [2.45, 2.75) is 32.2 Å². The van der Waals surface area contributed by atoms with Crippen LogP contribution in [0.4, 0.5) is 0 Å². The number of methoxy groups -OCH3 is 1. The van der Waals surface area contributed by atoms with Gasteiger partial charge in [0, 0.05) is 13.0 Å². The predicted octanol–water partition coefficient (Wildman–Crippen LogP) is 1.81. The lowest BCUT2D eigenvalue weighted by molar-refractivity contribution is -0.144. The number of carbonyl (C=O) groups is 2. The van der Waals surface area contributed by atoms with Gasteiger partial charge in [0.25, 0.3) is 0 Å². The maximum absolute atomic E-state index is 12.3. The number of hydrogen-bond acceptors (Lipinski definition) is 5. The summed E-state index contributed by atoms with van der Waals surface area (Å²) in [5.41, 5.74) is 2.27. The Morgan fingerprint density at radius 3 is 2.73 bits per heavy atom. The highest BCUT2D eigenvalue weighted by atomic mass is 16.7. The molecule has 0 N–H and O–H groups in total. The molecule has 1 unspecified atom stereocenters. The normalized spacial score (nSPS) is 18.8. The van der Waals surface area contributed by atoms with Gasteiger partial charge in [0.05, 0.1) is 19.6 Å². The molecule has 3 rings (SSSR count). The van der Waals surface area contributed by atoms with Crippen molar-refractivity contribution in [1.82, 2.24) is 4.90 Å². The Morgan fingerprint density at radius 1 is 1.27 bits per heavy atom. The van der Waals surface area contributed by atoms with Crippen molar-refractivity contribution in [1.29, 1.82) is 0 Å². The van der Waals surface area contributed by atoms with Crippen LogP contribution >= 0.6 is 0 Å². The molecule has 0 saturated heterocycles. The molecule has 1 aromatic rings. The van der Waals surface area contributed by atoms with E-state index in [0.717, 1.165) is 23.5 Å². The molecule has 6 heteroatoms. The van der Waals surface area contributed by atoms with Crippen LogP contribution in [0.1, 0.15) is 36.9 Å². The van der Waals surface area contributed by atoms with E-state index in [0.29, 0.717) is 6.54 Å². The first-order chi connectivity index (χ1) is 10.6. The zero-order valence-corrected chi connectivity index (χ0v) is 12.8.